The number of carbonyl (C=O) groups excluding carboxylic acids is 1. The molecule has 0 aliphatic carbocycles. The summed E-state index contributed by atoms with van der Waals surface area (Å²) in [5, 5.41) is 3.58. The van der Waals surface area contributed by atoms with Crippen molar-refractivity contribution in [3.63, 3.8) is 0 Å². The Morgan fingerprint density at radius 3 is 2.50 bits per heavy atom. The van der Waals surface area contributed by atoms with Crippen molar-refractivity contribution < 1.29 is 13.2 Å². The number of piperidine rings is 1. The van der Waals surface area contributed by atoms with Crippen molar-refractivity contribution in [2.45, 2.75) is 31.2 Å². The molecule has 1 aliphatic rings. The first-order valence-electron chi connectivity index (χ1n) is 10.1. The first kappa shape index (κ1) is 22.7. The summed E-state index contributed by atoms with van der Waals surface area (Å²) in [4.78, 5) is 15.0. The smallest absolute Gasteiger partial charge is 0.240 e. The molecule has 1 heterocycles. The molecule has 1 atom stereocenters. The van der Waals surface area contributed by atoms with Gasteiger partial charge in [-0.1, -0.05) is 41.4 Å². The molecule has 6 nitrogen and oxygen atoms in total. The molecule has 2 aromatic rings. The lowest BCUT2D eigenvalue weighted by atomic mass is 9.96. The Morgan fingerprint density at radius 1 is 1.10 bits per heavy atom. The van der Waals surface area contributed by atoms with Crippen molar-refractivity contribution >= 4 is 27.5 Å². The number of likely N-dealkylation sites (tertiary alicyclic amines) is 1. The fourth-order valence-electron chi connectivity index (χ4n) is 3.58. The Balaban J connectivity index is 1.43. The summed E-state index contributed by atoms with van der Waals surface area (Å²) in [5.74, 6) is -0.106. The average Bonchev–Trinajstić information content (AvgIpc) is 2.73. The van der Waals surface area contributed by atoms with E-state index >= 15 is 0 Å². The van der Waals surface area contributed by atoms with E-state index in [0.717, 1.165) is 31.5 Å². The number of rotatable bonds is 8. The minimum Gasteiger partial charge on any atom is -0.355 e. The molecule has 0 aromatic heterocycles. The van der Waals surface area contributed by atoms with E-state index in [4.69, 9.17) is 11.6 Å². The predicted molar refractivity (Wildman–Crippen MR) is 119 cm³/mol. The number of halogens is 1. The third-order valence-electron chi connectivity index (χ3n) is 5.24. The normalized spacial score (nSPS) is 17.6. The Morgan fingerprint density at radius 2 is 1.80 bits per heavy atom. The van der Waals surface area contributed by atoms with E-state index in [2.05, 4.69) is 14.9 Å². The van der Waals surface area contributed by atoms with E-state index in [1.165, 1.54) is 5.56 Å². The van der Waals surface area contributed by atoms with Gasteiger partial charge in [0.2, 0.25) is 15.9 Å². The molecule has 1 unspecified atom stereocenters. The summed E-state index contributed by atoms with van der Waals surface area (Å²) in [6, 6.07) is 14.4. The molecule has 2 aromatic carbocycles. The average molecular weight is 450 g/mol. The lowest BCUT2D eigenvalue weighted by Gasteiger charge is -2.32. The van der Waals surface area contributed by atoms with Crippen molar-refractivity contribution in [2.24, 2.45) is 5.92 Å². The number of amides is 1. The highest BCUT2D eigenvalue weighted by atomic mass is 35.5. The van der Waals surface area contributed by atoms with Gasteiger partial charge in [0, 0.05) is 31.2 Å². The number of hydrogen-bond acceptors (Lipinski definition) is 4. The Hall–Kier alpha value is -1.93. The van der Waals surface area contributed by atoms with Gasteiger partial charge in [-0.3, -0.25) is 9.69 Å². The van der Waals surface area contributed by atoms with Crippen molar-refractivity contribution in [2.75, 3.05) is 26.2 Å². The quantitative estimate of drug-likeness (QED) is 0.607. The molecule has 0 spiro atoms. The van der Waals surface area contributed by atoms with Gasteiger partial charge >= 0.3 is 0 Å². The fourth-order valence-corrected chi connectivity index (χ4v) is 4.74. The van der Waals surface area contributed by atoms with E-state index in [1.807, 2.05) is 31.2 Å². The zero-order valence-corrected chi connectivity index (χ0v) is 18.7. The first-order chi connectivity index (χ1) is 14.3. The first-order valence-corrected chi connectivity index (χ1v) is 12.0. The minimum atomic E-state index is -3.57. The molecule has 162 valence electrons. The zero-order valence-electron chi connectivity index (χ0n) is 17.1. The van der Waals surface area contributed by atoms with Crippen LogP contribution in [-0.4, -0.2) is 45.4 Å². The molecule has 1 fully saturated rings. The van der Waals surface area contributed by atoms with Gasteiger partial charge in [0.25, 0.3) is 0 Å². The second-order valence-corrected chi connectivity index (χ2v) is 9.91. The molecule has 2 N–H and O–H groups in total. The highest BCUT2D eigenvalue weighted by Crippen LogP contribution is 2.19. The van der Waals surface area contributed by atoms with Gasteiger partial charge in [-0.2, -0.15) is 0 Å². The van der Waals surface area contributed by atoms with E-state index in [0.29, 0.717) is 11.6 Å². The van der Waals surface area contributed by atoms with Crippen LogP contribution in [0.3, 0.4) is 0 Å². The SMILES string of the molecule is Cc1ccc(S(=O)(=O)NCCNC(=O)C2CCCN(Cc3ccc(Cl)cc3)C2)cc1. The molecular formula is C22H28ClN3O3S. The molecule has 1 amide bonds. The van der Waals surface area contributed by atoms with Gasteiger partial charge in [-0.15, -0.1) is 0 Å². The number of hydrogen-bond donors (Lipinski definition) is 2. The zero-order chi connectivity index (χ0) is 21.6. The molecule has 1 saturated heterocycles. The molecule has 3 rings (SSSR count). The Kier molecular flexibility index (Phi) is 7.88. The van der Waals surface area contributed by atoms with Crippen molar-refractivity contribution in [1.82, 2.24) is 14.9 Å². The molecule has 1 aliphatic heterocycles. The molecule has 0 bridgehead atoms. The van der Waals surface area contributed by atoms with Gasteiger partial charge in [0.05, 0.1) is 10.8 Å². The van der Waals surface area contributed by atoms with Gasteiger partial charge < -0.3 is 5.32 Å². The standard InChI is InChI=1S/C22H28ClN3O3S/c1-17-4-10-21(11-5-17)30(28,29)25-13-12-24-22(27)19-3-2-14-26(16-19)15-18-6-8-20(23)9-7-18/h4-11,19,25H,2-3,12-16H2,1H3,(H,24,27). The number of sulfonamides is 1. The van der Waals surface area contributed by atoms with Crippen molar-refractivity contribution in [3.8, 4) is 0 Å². The topological polar surface area (TPSA) is 78.5 Å². The molecule has 0 radical (unpaired) electrons. The summed E-state index contributed by atoms with van der Waals surface area (Å²) in [6.07, 6.45) is 1.81. The van der Waals surface area contributed by atoms with Crippen LogP contribution < -0.4 is 10.0 Å². The van der Waals surface area contributed by atoms with Crippen LogP contribution in [0.25, 0.3) is 0 Å². The largest absolute Gasteiger partial charge is 0.355 e. The van der Waals surface area contributed by atoms with E-state index in [1.54, 1.807) is 24.3 Å². The minimum absolute atomic E-state index is 0.0228. The molecule has 0 saturated carbocycles. The van der Waals surface area contributed by atoms with Crippen LogP contribution in [0.15, 0.2) is 53.4 Å². The maximum atomic E-state index is 12.5. The van der Waals surface area contributed by atoms with Crippen LogP contribution in [0.4, 0.5) is 0 Å². The van der Waals surface area contributed by atoms with Gasteiger partial charge in [0.15, 0.2) is 0 Å². The predicted octanol–water partition coefficient (Wildman–Crippen LogP) is 2.96. The summed E-state index contributed by atoms with van der Waals surface area (Å²) in [6.45, 7) is 4.77. The highest BCUT2D eigenvalue weighted by molar-refractivity contribution is 7.89. The molecule has 8 heteroatoms. The summed E-state index contributed by atoms with van der Waals surface area (Å²) < 4.78 is 27.1. The Bertz CT molecular complexity index is 947. The number of nitrogens with zero attached hydrogens (tertiary/aromatic N) is 1. The number of aryl methyl sites for hydroxylation is 1. The van der Waals surface area contributed by atoms with Crippen LogP contribution in [0.5, 0.6) is 0 Å². The summed E-state index contributed by atoms with van der Waals surface area (Å²) in [5.41, 5.74) is 2.17. The van der Waals surface area contributed by atoms with Crippen LogP contribution in [0.1, 0.15) is 24.0 Å². The third-order valence-corrected chi connectivity index (χ3v) is 6.97. The van der Waals surface area contributed by atoms with E-state index in [9.17, 15) is 13.2 Å². The van der Waals surface area contributed by atoms with Crippen molar-refractivity contribution in [1.29, 1.82) is 0 Å². The lowest BCUT2D eigenvalue weighted by Crippen LogP contribution is -2.44. The second kappa shape index (κ2) is 10.4. The van der Waals surface area contributed by atoms with Crippen molar-refractivity contribution in [3.05, 3.63) is 64.7 Å². The summed E-state index contributed by atoms with van der Waals surface area (Å²) >= 11 is 5.94. The van der Waals surface area contributed by atoms with E-state index in [-0.39, 0.29) is 29.8 Å². The Labute approximate surface area is 183 Å². The number of nitrogens with one attached hydrogen (secondary N) is 2. The van der Waals surface area contributed by atoms with E-state index < -0.39 is 10.0 Å². The van der Waals surface area contributed by atoms with Crippen LogP contribution in [0, 0.1) is 12.8 Å². The monoisotopic (exact) mass is 449 g/mol. The fraction of sp³-hybridized carbons (Fsp3) is 0.409. The van der Waals surface area contributed by atoms with Gasteiger partial charge in [-0.25, -0.2) is 13.1 Å². The van der Waals surface area contributed by atoms with Crippen LogP contribution in [0.2, 0.25) is 5.02 Å². The van der Waals surface area contributed by atoms with Crippen LogP contribution in [-0.2, 0) is 21.4 Å². The maximum absolute atomic E-state index is 12.5. The van der Waals surface area contributed by atoms with Crippen LogP contribution >= 0.6 is 11.6 Å². The molecular weight excluding hydrogens is 422 g/mol. The third kappa shape index (κ3) is 6.54. The lowest BCUT2D eigenvalue weighted by molar-refractivity contribution is -0.126. The highest BCUT2D eigenvalue weighted by Gasteiger charge is 2.25. The number of benzene rings is 2. The summed E-state index contributed by atoms with van der Waals surface area (Å²) in [7, 11) is -3.57. The van der Waals surface area contributed by atoms with Gasteiger partial charge in [-0.05, 0) is 56.1 Å². The number of carbonyl (C=O) groups is 1. The van der Waals surface area contributed by atoms with Gasteiger partial charge in [0.1, 0.15) is 0 Å². The molecule has 30 heavy (non-hydrogen) atoms. The maximum Gasteiger partial charge on any atom is 0.240 e. The second-order valence-electron chi connectivity index (χ2n) is 7.70.